The van der Waals surface area contributed by atoms with Gasteiger partial charge in [-0.05, 0) is 26.3 Å². The molecule has 1 atom stereocenters. The highest BCUT2D eigenvalue weighted by atomic mass is 16.3. The maximum atomic E-state index is 9.09. The van der Waals surface area contributed by atoms with Crippen molar-refractivity contribution in [2.75, 3.05) is 6.54 Å². The summed E-state index contributed by atoms with van der Waals surface area (Å²) in [5, 5.41) is 12.4. The van der Waals surface area contributed by atoms with E-state index in [1.165, 1.54) is 5.69 Å². The van der Waals surface area contributed by atoms with Crippen molar-refractivity contribution in [3.05, 3.63) is 18.2 Å². The molecule has 1 unspecified atom stereocenters. The van der Waals surface area contributed by atoms with E-state index in [0.717, 1.165) is 32.5 Å². The monoisotopic (exact) mass is 211 g/mol. The zero-order valence-electron chi connectivity index (χ0n) is 9.61. The molecule has 4 nitrogen and oxygen atoms in total. The molecule has 0 saturated carbocycles. The minimum absolute atomic E-state index is 0.224. The average Bonchev–Trinajstić information content (AvgIpc) is 2.61. The minimum atomic E-state index is -0.224. The van der Waals surface area contributed by atoms with E-state index in [9.17, 15) is 0 Å². The Morgan fingerprint density at radius 1 is 1.60 bits per heavy atom. The lowest BCUT2D eigenvalue weighted by Gasteiger charge is -2.08. The van der Waals surface area contributed by atoms with Crippen molar-refractivity contribution in [1.29, 1.82) is 0 Å². The van der Waals surface area contributed by atoms with Crippen LogP contribution in [0.4, 0.5) is 0 Å². The van der Waals surface area contributed by atoms with Crippen LogP contribution in [0, 0.1) is 0 Å². The number of rotatable bonds is 7. The highest BCUT2D eigenvalue weighted by Gasteiger charge is 2.00. The van der Waals surface area contributed by atoms with Gasteiger partial charge >= 0.3 is 0 Å². The molecule has 1 rings (SSSR count). The van der Waals surface area contributed by atoms with E-state index in [2.05, 4.69) is 21.8 Å². The van der Waals surface area contributed by atoms with Gasteiger partial charge < -0.3 is 15.0 Å². The van der Waals surface area contributed by atoms with Gasteiger partial charge in [0.05, 0.1) is 18.1 Å². The predicted octanol–water partition coefficient (Wildman–Crippen LogP) is 1.15. The van der Waals surface area contributed by atoms with Crippen LogP contribution < -0.4 is 5.32 Å². The third-order valence-electron chi connectivity index (χ3n) is 2.31. The highest BCUT2D eigenvalue weighted by molar-refractivity contribution is 4.97. The van der Waals surface area contributed by atoms with Crippen molar-refractivity contribution in [3.8, 4) is 0 Å². The maximum Gasteiger partial charge on any atom is 0.0948 e. The number of aromatic nitrogens is 2. The summed E-state index contributed by atoms with van der Waals surface area (Å²) in [6.45, 7) is 6.66. The van der Waals surface area contributed by atoms with Gasteiger partial charge in [0.1, 0.15) is 0 Å². The van der Waals surface area contributed by atoms with Crippen LogP contribution in [0.3, 0.4) is 0 Å². The Labute approximate surface area is 91.3 Å². The molecule has 0 aliphatic rings. The number of aliphatic hydroxyl groups is 1. The second-order valence-electron chi connectivity index (χ2n) is 3.89. The van der Waals surface area contributed by atoms with Crippen LogP contribution in [-0.2, 0) is 13.1 Å². The molecule has 0 aliphatic carbocycles. The Kier molecular flexibility index (Phi) is 5.36. The number of nitrogens with one attached hydrogen (secondary N) is 1. The van der Waals surface area contributed by atoms with Crippen molar-refractivity contribution in [1.82, 2.24) is 14.9 Å². The van der Waals surface area contributed by atoms with E-state index >= 15 is 0 Å². The standard InChI is InChI=1S/C11H21N3O/c1-3-6-14-9-13-8-11(14)7-12-5-4-10(2)15/h8-10,12,15H,3-7H2,1-2H3. The van der Waals surface area contributed by atoms with Gasteiger partial charge in [0, 0.05) is 19.3 Å². The fourth-order valence-corrected chi connectivity index (χ4v) is 1.47. The molecule has 0 radical (unpaired) electrons. The summed E-state index contributed by atoms with van der Waals surface area (Å²) >= 11 is 0. The second kappa shape index (κ2) is 6.58. The molecule has 0 spiro atoms. The van der Waals surface area contributed by atoms with Crippen molar-refractivity contribution in [2.45, 2.75) is 45.9 Å². The number of aryl methyl sites for hydroxylation is 1. The first kappa shape index (κ1) is 12.2. The Bertz CT molecular complexity index is 271. The number of aliphatic hydroxyl groups excluding tert-OH is 1. The minimum Gasteiger partial charge on any atom is -0.393 e. The zero-order chi connectivity index (χ0) is 11.1. The Balaban J connectivity index is 2.27. The van der Waals surface area contributed by atoms with Crippen LogP contribution in [0.25, 0.3) is 0 Å². The lowest BCUT2D eigenvalue weighted by Crippen LogP contribution is -2.20. The normalized spacial score (nSPS) is 13.0. The third kappa shape index (κ3) is 4.44. The fraction of sp³-hybridized carbons (Fsp3) is 0.727. The molecule has 0 aromatic carbocycles. The van der Waals surface area contributed by atoms with Gasteiger partial charge in [0.2, 0.25) is 0 Å². The molecule has 0 fully saturated rings. The maximum absolute atomic E-state index is 9.09. The van der Waals surface area contributed by atoms with Crippen molar-refractivity contribution in [3.63, 3.8) is 0 Å². The molecule has 1 aromatic rings. The Morgan fingerprint density at radius 3 is 3.07 bits per heavy atom. The molecule has 0 amide bonds. The first-order chi connectivity index (χ1) is 7.24. The summed E-state index contributed by atoms with van der Waals surface area (Å²) in [7, 11) is 0. The molecular formula is C11H21N3O. The van der Waals surface area contributed by atoms with E-state index < -0.39 is 0 Å². The third-order valence-corrected chi connectivity index (χ3v) is 2.31. The van der Waals surface area contributed by atoms with E-state index in [1.54, 1.807) is 0 Å². The van der Waals surface area contributed by atoms with Gasteiger partial charge in [-0.1, -0.05) is 6.92 Å². The summed E-state index contributed by atoms with van der Waals surface area (Å²) in [4.78, 5) is 4.13. The summed E-state index contributed by atoms with van der Waals surface area (Å²) in [5.74, 6) is 0. The van der Waals surface area contributed by atoms with Crippen molar-refractivity contribution >= 4 is 0 Å². The Morgan fingerprint density at radius 2 is 2.40 bits per heavy atom. The Hall–Kier alpha value is -0.870. The highest BCUT2D eigenvalue weighted by Crippen LogP contribution is 2.00. The molecule has 1 heterocycles. The van der Waals surface area contributed by atoms with Crippen molar-refractivity contribution < 1.29 is 5.11 Å². The summed E-state index contributed by atoms with van der Waals surface area (Å²) in [6.07, 6.45) is 5.46. The molecule has 86 valence electrons. The lowest BCUT2D eigenvalue weighted by molar-refractivity contribution is 0.183. The first-order valence-corrected chi connectivity index (χ1v) is 5.61. The van der Waals surface area contributed by atoms with Crippen LogP contribution in [0.15, 0.2) is 12.5 Å². The second-order valence-corrected chi connectivity index (χ2v) is 3.89. The molecule has 1 aromatic heterocycles. The van der Waals surface area contributed by atoms with E-state index in [4.69, 9.17) is 5.11 Å². The summed E-state index contributed by atoms with van der Waals surface area (Å²) in [6, 6.07) is 0. The van der Waals surface area contributed by atoms with E-state index in [0.29, 0.717) is 0 Å². The number of imidazole rings is 1. The SMILES string of the molecule is CCCn1cncc1CNCCC(C)O. The molecule has 0 bridgehead atoms. The smallest absolute Gasteiger partial charge is 0.0948 e. The molecule has 4 heteroatoms. The summed E-state index contributed by atoms with van der Waals surface area (Å²) < 4.78 is 2.16. The van der Waals surface area contributed by atoms with Crippen LogP contribution in [0.2, 0.25) is 0 Å². The van der Waals surface area contributed by atoms with Crippen LogP contribution in [0.1, 0.15) is 32.4 Å². The van der Waals surface area contributed by atoms with Gasteiger partial charge in [0.15, 0.2) is 0 Å². The van der Waals surface area contributed by atoms with Crippen LogP contribution in [0.5, 0.6) is 0 Å². The first-order valence-electron chi connectivity index (χ1n) is 5.61. The molecule has 2 N–H and O–H groups in total. The topological polar surface area (TPSA) is 50.1 Å². The molecular weight excluding hydrogens is 190 g/mol. The number of nitrogens with zero attached hydrogens (tertiary/aromatic N) is 2. The quantitative estimate of drug-likeness (QED) is 0.665. The number of hydrogen-bond acceptors (Lipinski definition) is 3. The lowest BCUT2D eigenvalue weighted by atomic mass is 10.3. The van der Waals surface area contributed by atoms with Gasteiger partial charge in [0.25, 0.3) is 0 Å². The fourth-order valence-electron chi connectivity index (χ4n) is 1.47. The predicted molar refractivity (Wildman–Crippen MR) is 60.5 cm³/mol. The molecule has 15 heavy (non-hydrogen) atoms. The van der Waals surface area contributed by atoms with E-state index in [-0.39, 0.29) is 6.10 Å². The number of hydrogen-bond donors (Lipinski definition) is 2. The van der Waals surface area contributed by atoms with Gasteiger partial charge in [-0.15, -0.1) is 0 Å². The van der Waals surface area contributed by atoms with Crippen LogP contribution >= 0.6 is 0 Å². The van der Waals surface area contributed by atoms with Crippen LogP contribution in [-0.4, -0.2) is 27.3 Å². The largest absolute Gasteiger partial charge is 0.393 e. The summed E-state index contributed by atoms with van der Waals surface area (Å²) in [5.41, 5.74) is 1.21. The zero-order valence-corrected chi connectivity index (χ0v) is 9.61. The van der Waals surface area contributed by atoms with Gasteiger partial charge in [-0.2, -0.15) is 0 Å². The molecule has 0 aliphatic heterocycles. The average molecular weight is 211 g/mol. The van der Waals surface area contributed by atoms with E-state index in [1.807, 2.05) is 19.4 Å². The van der Waals surface area contributed by atoms with Gasteiger partial charge in [-0.3, -0.25) is 0 Å². The van der Waals surface area contributed by atoms with Crippen molar-refractivity contribution in [2.24, 2.45) is 0 Å². The molecule has 0 saturated heterocycles. The van der Waals surface area contributed by atoms with Gasteiger partial charge in [-0.25, -0.2) is 4.98 Å².